The van der Waals surface area contributed by atoms with Gasteiger partial charge in [-0.1, -0.05) is 40.2 Å². The number of ether oxygens (including phenoxy) is 1. The summed E-state index contributed by atoms with van der Waals surface area (Å²) >= 11 is 3.42. The SMILES string of the molecule is NCc1cccc(-c2cc(COc3cc(Br)ccc3CC(=O)O)cc3ccoc23)c1. The van der Waals surface area contributed by atoms with Gasteiger partial charge in [0.1, 0.15) is 17.9 Å². The molecule has 3 N–H and O–H groups in total. The first kappa shape index (κ1) is 20.2. The molecule has 3 aromatic carbocycles. The zero-order valence-electron chi connectivity index (χ0n) is 16.1. The van der Waals surface area contributed by atoms with Crippen molar-refractivity contribution in [2.24, 2.45) is 5.73 Å². The van der Waals surface area contributed by atoms with Crippen LogP contribution < -0.4 is 10.5 Å². The zero-order valence-corrected chi connectivity index (χ0v) is 17.7. The molecule has 0 aliphatic heterocycles. The van der Waals surface area contributed by atoms with Crippen LogP contribution in [-0.4, -0.2) is 11.1 Å². The monoisotopic (exact) mass is 465 g/mol. The molecule has 6 heteroatoms. The first-order chi connectivity index (χ1) is 14.5. The maximum absolute atomic E-state index is 11.2. The van der Waals surface area contributed by atoms with E-state index in [1.807, 2.05) is 42.5 Å². The van der Waals surface area contributed by atoms with Gasteiger partial charge < -0.3 is 20.0 Å². The van der Waals surface area contributed by atoms with Gasteiger partial charge in [-0.15, -0.1) is 0 Å². The third-order valence-electron chi connectivity index (χ3n) is 4.85. The molecule has 1 heterocycles. The van der Waals surface area contributed by atoms with E-state index < -0.39 is 5.97 Å². The summed E-state index contributed by atoms with van der Waals surface area (Å²) in [6.07, 6.45) is 1.57. The quantitative estimate of drug-likeness (QED) is 0.374. The van der Waals surface area contributed by atoms with E-state index in [1.165, 1.54) is 0 Å². The number of benzene rings is 3. The van der Waals surface area contributed by atoms with Gasteiger partial charge in [0, 0.05) is 27.5 Å². The number of carbonyl (C=O) groups is 1. The van der Waals surface area contributed by atoms with Crippen molar-refractivity contribution in [1.29, 1.82) is 0 Å². The fourth-order valence-electron chi connectivity index (χ4n) is 3.44. The van der Waals surface area contributed by atoms with Gasteiger partial charge in [-0.05, 0) is 53.1 Å². The van der Waals surface area contributed by atoms with E-state index in [9.17, 15) is 4.79 Å². The largest absolute Gasteiger partial charge is 0.489 e. The third kappa shape index (κ3) is 4.40. The van der Waals surface area contributed by atoms with Crippen LogP contribution in [0.15, 0.2) is 75.8 Å². The molecular weight excluding hydrogens is 446 g/mol. The van der Waals surface area contributed by atoms with Crippen LogP contribution in [0.25, 0.3) is 22.1 Å². The molecule has 0 saturated carbocycles. The molecule has 4 rings (SSSR count). The highest BCUT2D eigenvalue weighted by Gasteiger charge is 2.13. The number of rotatable bonds is 7. The average molecular weight is 466 g/mol. The average Bonchev–Trinajstić information content (AvgIpc) is 3.21. The molecule has 0 aliphatic carbocycles. The fourth-order valence-corrected chi connectivity index (χ4v) is 3.78. The Balaban J connectivity index is 1.68. The summed E-state index contributed by atoms with van der Waals surface area (Å²) in [5.41, 5.74) is 11.2. The lowest BCUT2D eigenvalue weighted by Gasteiger charge is -2.13. The summed E-state index contributed by atoms with van der Waals surface area (Å²) in [6, 6.07) is 19.4. The number of halogens is 1. The molecule has 0 bridgehead atoms. The third-order valence-corrected chi connectivity index (χ3v) is 5.34. The number of carboxylic acid groups (broad SMARTS) is 1. The van der Waals surface area contributed by atoms with Gasteiger partial charge in [0.15, 0.2) is 0 Å². The minimum absolute atomic E-state index is 0.0967. The summed E-state index contributed by atoms with van der Waals surface area (Å²) in [5, 5.41) is 10.1. The molecule has 0 fully saturated rings. The second-order valence-electron chi connectivity index (χ2n) is 7.00. The fraction of sp³-hybridized carbons (Fsp3) is 0.125. The Morgan fingerprint density at radius 2 is 1.93 bits per heavy atom. The molecule has 0 saturated heterocycles. The number of furan rings is 1. The zero-order chi connectivity index (χ0) is 21.1. The molecular formula is C24H20BrNO4. The second kappa shape index (κ2) is 8.73. The number of nitrogens with two attached hydrogens (primary N) is 1. The van der Waals surface area contributed by atoms with E-state index in [0.29, 0.717) is 24.5 Å². The number of hydrogen-bond acceptors (Lipinski definition) is 4. The smallest absolute Gasteiger partial charge is 0.307 e. The lowest BCUT2D eigenvalue weighted by Crippen LogP contribution is -2.04. The van der Waals surface area contributed by atoms with Gasteiger partial charge in [-0.2, -0.15) is 0 Å². The van der Waals surface area contributed by atoms with E-state index >= 15 is 0 Å². The first-order valence-corrected chi connectivity index (χ1v) is 10.3. The van der Waals surface area contributed by atoms with Crippen LogP contribution in [0, 0.1) is 0 Å². The molecule has 1 aromatic heterocycles. The Hall–Kier alpha value is -3.09. The van der Waals surface area contributed by atoms with Gasteiger partial charge in [-0.3, -0.25) is 4.79 Å². The van der Waals surface area contributed by atoms with Gasteiger partial charge in [0.2, 0.25) is 0 Å². The molecule has 0 amide bonds. The maximum Gasteiger partial charge on any atom is 0.307 e. The van der Waals surface area contributed by atoms with Crippen molar-refractivity contribution in [2.75, 3.05) is 0 Å². The molecule has 0 radical (unpaired) electrons. The number of hydrogen-bond donors (Lipinski definition) is 2. The van der Waals surface area contributed by atoms with Gasteiger partial charge in [0.05, 0.1) is 12.7 Å². The first-order valence-electron chi connectivity index (χ1n) is 9.46. The number of carboxylic acids is 1. The van der Waals surface area contributed by atoms with Crippen molar-refractivity contribution in [2.45, 2.75) is 19.6 Å². The lowest BCUT2D eigenvalue weighted by molar-refractivity contribution is -0.136. The Labute approximate surface area is 182 Å². The van der Waals surface area contributed by atoms with Crippen LogP contribution in [0.5, 0.6) is 5.75 Å². The van der Waals surface area contributed by atoms with Crippen LogP contribution >= 0.6 is 15.9 Å². The number of aliphatic carboxylic acids is 1. The Bertz CT molecular complexity index is 1220. The van der Waals surface area contributed by atoms with Crippen molar-refractivity contribution < 1.29 is 19.1 Å². The van der Waals surface area contributed by atoms with E-state index in [0.717, 1.165) is 37.7 Å². The van der Waals surface area contributed by atoms with Crippen LogP contribution in [0.4, 0.5) is 0 Å². The Morgan fingerprint density at radius 3 is 2.73 bits per heavy atom. The minimum atomic E-state index is -0.899. The summed E-state index contributed by atoms with van der Waals surface area (Å²) in [5.74, 6) is -0.352. The topological polar surface area (TPSA) is 85.7 Å². The molecule has 30 heavy (non-hydrogen) atoms. The van der Waals surface area contributed by atoms with Gasteiger partial charge in [0.25, 0.3) is 0 Å². The minimum Gasteiger partial charge on any atom is -0.489 e. The highest BCUT2D eigenvalue weighted by molar-refractivity contribution is 9.10. The molecule has 0 spiro atoms. The summed E-state index contributed by atoms with van der Waals surface area (Å²) < 4.78 is 12.6. The Morgan fingerprint density at radius 1 is 1.07 bits per heavy atom. The van der Waals surface area contributed by atoms with Crippen molar-refractivity contribution in [3.05, 3.63) is 88.1 Å². The highest BCUT2D eigenvalue weighted by Crippen LogP contribution is 2.32. The molecule has 0 aliphatic rings. The molecule has 0 atom stereocenters. The van der Waals surface area contributed by atoms with E-state index in [-0.39, 0.29) is 6.42 Å². The second-order valence-corrected chi connectivity index (χ2v) is 7.91. The number of fused-ring (bicyclic) bond motifs is 1. The van der Waals surface area contributed by atoms with Crippen molar-refractivity contribution in [3.8, 4) is 16.9 Å². The molecule has 4 aromatic rings. The lowest BCUT2D eigenvalue weighted by atomic mass is 9.99. The normalized spacial score (nSPS) is 11.0. The van der Waals surface area contributed by atoms with Crippen molar-refractivity contribution >= 4 is 32.9 Å². The predicted molar refractivity (Wildman–Crippen MR) is 119 cm³/mol. The summed E-state index contributed by atoms with van der Waals surface area (Å²) in [4.78, 5) is 11.2. The summed E-state index contributed by atoms with van der Waals surface area (Å²) in [7, 11) is 0. The van der Waals surface area contributed by atoms with Gasteiger partial charge in [-0.25, -0.2) is 0 Å². The van der Waals surface area contributed by atoms with Crippen LogP contribution in [-0.2, 0) is 24.4 Å². The van der Waals surface area contributed by atoms with Crippen LogP contribution in [0.3, 0.4) is 0 Å². The molecule has 0 unspecified atom stereocenters. The highest BCUT2D eigenvalue weighted by atomic mass is 79.9. The van der Waals surface area contributed by atoms with Crippen LogP contribution in [0.2, 0.25) is 0 Å². The Kier molecular flexibility index (Phi) is 5.88. The van der Waals surface area contributed by atoms with Crippen LogP contribution in [0.1, 0.15) is 16.7 Å². The summed E-state index contributed by atoms with van der Waals surface area (Å²) in [6.45, 7) is 0.765. The van der Waals surface area contributed by atoms with Crippen molar-refractivity contribution in [3.63, 3.8) is 0 Å². The standard InChI is InChI=1S/C24H20BrNO4/c25-20-5-4-18(11-23(27)28)22(12-20)30-14-16-9-19-6-7-29-24(19)21(10-16)17-3-1-2-15(8-17)13-26/h1-10,12H,11,13-14,26H2,(H,27,28). The molecule has 5 nitrogen and oxygen atoms in total. The van der Waals surface area contributed by atoms with E-state index in [2.05, 4.69) is 22.0 Å². The van der Waals surface area contributed by atoms with E-state index in [4.69, 9.17) is 20.0 Å². The van der Waals surface area contributed by atoms with Crippen molar-refractivity contribution in [1.82, 2.24) is 0 Å². The van der Waals surface area contributed by atoms with Gasteiger partial charge >= 0.3 is 5.97 Å². The maximum atomic E-state index is 11.2. The van der Waals surface area contributed by atoms with E-state index in [1.54, 1.807) is 18.4 Å². The molecule has 152 valence electrons. The predicted octanol–water partition coefficient (Wildman–Crippen LogP) is 5.53.